The lowest BCUT2D eigenvalue weighted by Crippen LogP contribution is -2.46. The van der Waals surface area contributed by atoms with E-state index in [0.717, 1.165) is 76.4 Å². The molecule has 0 spiro atoms. The average molecular weight is 427 g/mol. The van der Waals surface area contributed by atoms with E-state index in [-0.39, 0.29) is 35.3 Å². The lowest BCUT2D eigenvalue weighted by Gasteiger charge is -2.39. The second-order valence-corrected chi connectivity index (χ2v) is 9.89. The molecule has 1 aromatic rings. The van der Waals surface area contributed by atoms with E-state index in [0.29, 0.717) is 30.9 Å². The van der Waals surface area contributed by atoms with Gasteiger partial charge in [-0.15, -0.1) is 0 Å². The topological polar surface area (TPSA) is 86.4 Å². The van der Waals surface area contributed by atoms with Gasteiger partial charge in [0.25, 0.3) is 5.56 Å². The first kappa shape index (κ1) is 20.7. The van der Waals surface area contributed by atoms with Crippen molar-refractivity contribution >= 4 is 11.8 Å². The number of nitrogens with one attached hydrogen (secondary N) is 1. The minimum Gasteiger partial charge on any atom is -0.337 e. The van der Waals surface area contributed by atoms with Gasteiger partial charge >= 0.3 is 0 Å². The Hall–Kier alpha value is -2.18. The fourth-order valence-corrected chi connectivity index (χ4v) is 5.77. The molecule has 1 atom stereocenters. The van der Waals surface area contributed by atoms with Crippen molar-refractivity contribution in [2.24, 2.45) is 11.8 Å². The van der Waals surface area contributed by atoms with Crippen LogP contribution in [0.25, 0.3) is 0 Å². The van der Waals surface area contributed by atoms with Gasteiger partial charge in [0, 0.05) is 31.3 Å². The lowest BCUT2D eigenvalue weighted by atomic mass is 9.83. The highest BCUT2D eigenvalue weighted by Crippen LogP contribution is 2.35. The average Bonchev–Trinajstić information content (AvgIpc) is 2.77. The van der Waals surface area contributed by atoms with E-state index >= 15 is 0 Å². The summed E-state index contributed by atoms with van der Waals surface area (Å²) in [6, 6.07) is -0.123. The number of carbonyl (C=O) groups excluding carboxylic acids is 2. The summed E-state index contributed by atoms with van der Waals surface area (Å²) < 4.78 is 0. The number of aromatic nitrogens is 2. The van der Waals surface area contributed by atoms with Gasteiger partial charge in [0.05, 0.1) is 23.8 Å². The molecule has 168 valence electrons. The molecule has 1 saturated heterocycles. The summed E-state index contributed by atoms with van der Waals surface area (Å²) in [4.78, 5) is 50.6. The smallest absolute Gasteiger partial charge is 0.256 e. The first-order chi connectivity index (χ1) is 15.1. The van der Waals surface area contributed by atoms with E-state index in [1.165, 1.54) is 6.42 Å². The molecular formula is C24H34N4O3. The van der Waals surface area contributed by atoms with Crippen molar-refractivity contribution in [2.45, 2.75) is 89.6 Å². The lowest BCUT2D eigenvalue weighted by molar-refractivity contribution is -0.142. The van der Waals surface area contributed by atoms with E-state index < -0.39 is 0 Å². The molecule has 2 aliphatic carbocycles. The quantitative estimate of drug-likeness (QED) is 0.805. The van der Waals surface area contributed by atoms with Gasteiger partial charge in [-0.1, -0.05) is 25.7 Å². The van der Waals surface area contributed by atoms with Crippen molar-refractivity contribution in [1.29, 1.82) is 0 Å². The predicted octanol–water partition coefficient (Wildman–Crippen LogP) is 3.09. The van der Waals surface area contributed by atoms with Crippen LogP contribution in [0.1, 0.15) is 93.8 Å². The van der Waals surface area contributed by atoms with Crippen molar-refractivity contribution in [3.63, 3.8) is 0 Å². The van der Waals surface area contributed by atoms with Crippen molar-refractivity contribution in [3.8, 4) is 0 Å². The van der Waals surface area contributed by atoms with Gasteiger partial charge in [-0.3, -0.25) is 14.4 Å². The van der Waals surface area contributed by atoms with Gasteiger partial charge in [-0.05, 0) is 44.9 Å². The number of piperidine rings is 1. The van der Waals surface area contributed by atoms with Crippen molar-refractivity contribution in [1.82, 2.24) is 19.8 Å². The summed E-state index contributed by atoms with van der Waals surface area (Å²) in [5.74, 6) is 1.36. The van der Waals surface area contributed by atoms with Gasteiger partial charge in [0.1, 0.15) is 5.82 Å². The number of likely N-dealkylation sites (tertiary alicyclic amines) is 1. The number of nitrogens with zero attached hydrogens (tertiary/aromatic N) is 3. The van der Waals surface area contributed by atoms with Gasteiger partial charge in [0.15, 0.2) is 0 Å². The Balaban J connectivity index is 1.35. The molecule has 0 unspecified atom stereocenters. The molecule has 2 amide bonds. The summed E-state index contributed by atoms with van der Waals surface area (Å²) in [7, 11) is 0. The van der Waals surface area contributed by atoms with E-state index in [9.17, 15) is 14.4 Å². The Morgan fingerprint density at radius 1 is 0.839 bits per heavy atom. The van der Waals surface area contributed by atoms with E-state index in [1.54, 1.807) is 0 Å². The maximum absolute atomic E-state index is 13.0. The first-order valence-corrected chi connectivity index (χ1v) is 12.3. The summed E-state index contributed by atoms with van der Waals surface area (Å²) in [6.07, 6.45) is 12.1. The number of hydrogen-bond donors (Lipinski definition) is 1. The van der Waals surface area contributed by atoms with Crippen LogP contribution in [0, 0.1) is 11.8 Å². The fourth-order valence-electron chi connectivity index (χ4n) is 5.77. The van der Waals surface area contributed by atoms with Crippen LogP contribution in [0.15, 0.2) is 4.79 Å². The number of aromatic amines is 1. The van der Waals surface area contributed by atoms with Crippen molar-refractivity contribution in [3.05, 3.63) is 27.4 Å². The predicted molar refractivity (Wildman–Crippen MR) is 116 cm³/mol. The fraction of sp³-hybridized carbons (Fsp3) is 0.750. The third-order valence-electron chi connectivity index (χ3n) is 7.91. The second kappa shape index (κ2) is 8.75. The maximum atomic E-state index is 13.0. The van der Waals surface area contributed by atoms with Gasteiger partial charge in [-0.2, -0.15) is 0 Å². The number of carbonyl (C=O) groups is 2. The van der Waals surface area contributed by atoms with E-state index in [1.807, 2.05) is 9.80 Å². The van der Waals surface area contributed by atoms with Gasteiger partial charge in [-0.25, -0.2) is 4.98 Å². The third kappa shape index (κ3) is 4.03. The zero-order valence-electron chi connectivity index (χ0n) is 18.4. The molecule has 7 nitrogen and oxygen atoms in total. The van der Waals surface area contributed by atoms with E-state index in [2.05, 4.69) is 4.98 Å². The van der Waals surface area contributed by atoms with Crippen LogP contribution in [-0.2, 0) is 22.6 Å². The molecule has 0 radical (unpaired) electrons. The summed E-state index contributed by atoms with van der Waals surface area (Å²) in [5.41, 5.74) is 1.31. The highest BCUT2D eigenvalue weighted by molar-refractivity contribution is 5.80. The Kier molecular flexibility index (Phi) is 5.85. The molecule has 0 aromatic carbocycles. The van der Waals surface area contributed by atoms with E-state index in [4.69, 9.17) is 4.98 Å². The standard InChI is InChI=1S/C24H34N4O3/c29-22-18-15-27(23(30)16-7-2-1-3-8-16)14-12-19(18)25-21(26-22)20-11-4-5-13-28(20)24(31)17-9-6-10-17/h16-17,20H,1-15H2,(H,25,26,29)/t20-/m0/s1. The van der Waals surface area contributed by atoms with Crippen LogP contribution >= 0.6 is 0 Å². The molecule has 2 aliphatic heterocycles. The summed E-state index contributed by atoms with van der Waals surface area (Å²) >= 11 is 0. The molecule has 3 heterocycles. The number of fused-ring (bicyclic) bond motifs is 1. The molecule has 31 heavy (non-hydrogen) atoms. The number of rotatable bonds is 3. The normalized spacial score (nSPS) is 25.1. The number of H-pyrrole nitrogens is 1. The second-order valence-electron chi connectivity index (χ2n) is 9.89. The molecule has 0 bridgehead atoms. The summed E-state index contributed by atoms with van der Waals surface area (Å²) in [5, 5.41) is 0. The van der Waals surface area contributed by atoms with Crippen molar-refractivity contribution < 1.29 is 9.59 Å². The van der Waals surface area contributed by atoms with Gasteiger partial charge < -0.3 is 14.8 Å². The molecule has 2 saturated carbocycles. The molecular weight excluding hydrogens is 392 g/mol. The number of hydrogen-bond acceptors (Lipinski definition) is 4. The van der Waals surface area contributed by atoms with Crippen LogP contribution in [0.5, 0.6) is 0 Å². The molecule has 4 aliphatic rings. The Labute approximate surface area is 183 Å². The Morgan fingerprint density at radius 3 is 2.29 bits per heavy atom. The maximum Gasteiger partial charge on any atom is 0.256 e. The van der Waals surface area contributed by atoms with Gasteiger partial charge in [0.2, 0.25) is 11.8 Å². The highest BCUT2D eigenvalue weighted by Gasteiger charge is 2.37. The molecule has 3 fully saturated rings. The van der Waals surface area contributed by atoms with Crippen LogP contribution in [-0.4, -0.2) is 44.7 Å². The first-order valence-electron chi connectivity index (χ1n) is 12.3. The molecule has 1 aromatic heterocycles. The van der Waals surface area contributed by atoms with Crippen LogP contribution in [0.4, 0.5) is 0 Å². The van der Waals surface area contributed by atoms with Crippen LogP contribution in [0.2, 0.25) is 0 Å². The number of amides is 2. The monoisotopic (exact) mass is 426 g/mol. The Bertz CT molecular complexity index is 901. The largest absolute Gasteiger partial charge is 0.337 e. The minimum atomic E-state index is -0.136. The molecule has 1 N–H and O–H groups in total. The molecule has 7 heteroatoms. The van der Waals surface area contributed by atoms with Crippen LogP contribution in [0.3, 0.4) is 0 Å². The van der Waals surface area contributed by atoms with Crippen molar-refractivity contribution in [2.75, 3.05) is 13.1 Å². The Morgan fingerprint density at radius 2 is 1.55 bits per heavy atom. The zero-order chi connectivity index (χ0) is 21.4. The summed E-state index contributed by atoms with van der Waals surface area (Å²) in [6.45, 7) is 1.75. The third-order valence-corrected chi connectivity index (χ3v) is 7.91. The zero-order valence-corrected chi connectivity index (χ0v) is 18.4. The van der Waals surface area contributed by atoms with Crippen LogP contribution < -0.4 is 5.56 Å². The minimum absolute atomic E-state index is 0.120. The SMILES string of the molecule is O=C(C1CCCCC1)N1CCc2nc([C@@H]3CCCCN3C(=O)C3CCC3)[nH]c(=O)c2C1. The molecule has 5 rings (SSSR count). The highest BCUT2D eigenvalue weighted by atomic mass is 16.2.